The Balaban J connectivity index is 2.67. The van der Waals surface area contributed by atoms with Gasteiger partial charge in [-0.25, -0.2) is 0 Å². The van der Waals surface area contributed by atoms with Crippen molar-refractivity contribution in [2.75, 3.05) is 20.1 Å². The lowest BCUT2D eigenvalue weighted by molar-refractivity contribution is 0.0792. The first kappa shape index (κ1) is 11.8. The van der Waals surface area contributed by atoms with Crippen LogP contribution in [-0.4, -0.2) is 30.9 Å². The number of nitrogens with two attached hydrogens (primary N) is 1. The van der Waals surface area contributed by atoms with Gasteiger partial charge in [-0.05, 0) is 19.0 Å². The van der Waals surface area contributed by atoms with E-state index in [9.17, 15) is 4.79 Å². The zero-order valence-corrected chi connectivity index (χ0v) is 9.32. The van der Waals surface area contributed by atoms with Crippen LogP contribution in [0.1, 0.15) is 29.5 Å². The van der Waals surface area contributed by atoms with Gasteiger partial charge in [-0.1, -0.05) is 6.92 Å². The van der Waals surface area contributed by atoms with E-state index in [0.29, 0.717) is 18.7 Å². The number of aryl methyl sites for hydroxylation is 1. The summed E-state index contributed by atoms with van der Waals surface area (Å²) in [5, 5.41) is 0. The van der Waals surface area contributed by atoms with E-state index in [0.717, 1.165) is 18.6 Å². The largest absolute Gasteiger partial charge is 0.469 e. The highest BCUT2D eigenvalue weighted by Crippen LogP contribution is 2.13. The van der Waals surface area contributed by atoms with Crippen molar-refractivity contribution in [2.45, 2.75) is 19.8 Å². The van der Waals surface area contributed by atoms with Crippen molar-refractivity contribution in [2.24, 2.45) is 5.73 Å². The molecule has 0 atom stereocenters. The molecule has 0 radical (unpaired) electrons. The van der Waals surface area contributed by atoms with Crippen LogP contribution < -0.4 is 5.73 Å². The molecule has 84 valence electrons. The molecule has 0 aliphatic heterocycles. The molecule has 0 aliphatic carbocycles. The van der Waals surface area contributed by atoms with Crippen LogP contribution in [0.5, 0.6) is 0 Å². The fraction of sp³-hybridized carbons (Fsp3) is 0.545. The smallest absolute Gasteiger partial charge is 0.257 e. The Hall–Kier alpha value is -1.29. The predicted octanol–water partition coefficient (Wildman–Crippen LogP) is 1.26. The van der Waals surface area contributed by atoms with Gasteiger partial charge in [0.25, 0.3) is 5.91 Å². The molecule has 1 aromatic rings. The first-order valence-corrected chi connectivity index (χ1v) is 5.22. The molecule has 0 bridgehead atoms. The quantitative estimate of drug-likeness (QED) is 0.796. The minimum absolute atomic E-state index is 0.00838. The van der Waals surface area contributed by atoms with Gasteiger partial charge in [-0.2, -0.15) is 0 Å². The summed E-state index contributed by atoms with van der Waals surface area (Å²) in [5.74, 6) is 0.758. The molecule has 0 spiro atoms. The van der Waals surface area contributed by atoms with E-state index in [1.807, 2.05) is 6.92 Å². The summed E-state index contributed by atoms with van der Waals surface area (Å²) < 4.78 is 5.22. The molecule has 0 saturated carbocycles. The van der Waals surface area contributed by atoms with E-state index in [-0.39, 0.29) is 5.91 Å². The first-order chi connectivity index (χ1) is 7.20. The maximum atomic E-state index is 11.9. The van der Waals surface area contributed by atoms with Crippen LogP contribution in [-0.2, 0) is 6.42 Å². The molecule has 1 amide bonds. The fourth-order valence-electron chi connectivity index (χ4n) is 1.44. The van der Waals surface area contributed by atoms with Crippen LogP contribution in [0.4, 0.5) is 0 Å². The SMILES string of the molecule is CCc1occc1C(=O)N(C)CCCN. The molecular weight excluding hydrogens is 192 g/mol. The lowest BCUT2D eigenvalue weighted by Gasteiger charge is -2.16. The molecule has 2 N–H and O–H groups in total. The van der Waals surface area contributed by atoms with Crippen LogP contribution in [0.25, 0.3) is 0 Å². The number of rotatable bonds is 5. The molecule has 0 saturated heterocycles. The van der Waals surface area contributed by atoms with E-state index >= 15 is 0 Å². The summed E-state index contributed by atoms with van der Waals surface area (Å²) in [6.07, 6.45) is 3.11. The zero-order chi connectivity index (χ0) is 11.3. The van der Waals surface area contributed by atoms with Gasteiger partial charge in [0.2, 0.25) is 0 Å². The number of furan rings is 1. The van der Waals surface area contributed by atoms with E-state index in [4.69, 9.17) is 10.2 Å². The fourth-order valence-corrected chi connectivity index (χ4v) is 1.44. The minimum atomic E-state index is 0.00838. The molecule has 1 heterocycles. The van der Waals surface area contributed by atoms with Crippen LogP contribution in [0, 0.1) is 0 Å². The second-order valence-corrected chi connectivity index (χ2v) is 3.48. The number of hydrogen-bond acceptors (Lipinski definition) is 3. The molecule has 0 aromatic carbocycles. The normalized spacial score (nSPS) is 10.3. The van der Waals surface area contributed by atoms with Gasteiger partial charge in [0.1, 0.15) is 5.76 Å². The van der Waals surface area contributed by atoms with Crippen molar-refractivity contribution in [3.63, 3.8) is 0 Å². The Morgan fingerprint density at radius 3 is 2.93 bits per heavy atom. The Morgan fingerprint density at radius 2 is 2.33 bits per heavy atom. The Bertz CT molecular complexity index is 320. The van der Waals surface area contributed by atoms with E-state index in [1.54, 1.807) is 24.3 Å². The highest BCUT2D eigenvalue weighted by molar-refractivity contribution is 5.94. The molecule has 4 nitrogen and oxygen atoms in total. The Labute approximate surface area is 90.0 Å². The van der Waals surface area contributed by atoms with E-state index in [2.05, 4.69) is 0 Å². The van der Waals surface area contributed by atoms with Gasteiger partial charge in [0.05, 0.1) is 11.8 Å². The van der Waals surface area contributed by atoms with Crippen LogP contribution in [0.3, 0.4) is 0 Å². The lowest BCUT2D eigenvalue weighted by Crippen LogP contribution is -2.29. The third-order valence-corrected chi connectivity index (χ3v) is 2.34. The van der Waals surface area contributed by atoms with E-state index in [1.165, 1.54) is 0 Å². The minimum Gasteiger partial charge on any atom is -0.469 e. The second-order valence-electron chi connectivity index (χ2n) is 3.48. The van der Waals surface area contributed by atoms with Gasteiger partial charge < -0.3 is 15.1 Å². The lowest BCUT2D eigenvalue weighted by atomic mass is 10.2. The maximum Gasteiger partial charge on any atom is 0.257 e. The molecule has 15 heavy (non-hydrogen) atoms. The number of carbonyl (C=O) groups excluding carboxylic acids is 1. The number of hydrogen-bond donors (Lipinski definition) is 1. The monoisotopic (exact) mass is 210 g/mol. The molecule has 0 fully saturated rings. The first-order valence-electron chi connectivity index (χ1n) is 5.22. The average molecular weight is 210 g/mol. The summed E-state index contributed by atoms with van der Waals surface area (Å²) >= 11 is 0. The summed E-state index contributed by atoms with van der Waals surface area (Å²) in [6, 6.07) is 1.72. The van der Waals surface area contributed by atoms with Gasteiger partial charge >= 0.3 is 0 Å². The summed E-state index contributed by atoms with van der Waals surface area (Å²) in [6.45, 7) is 3.25. The van der Waals surface area contributed by atoms with Gasteiger partial charge in [0, 0.05) is 20.0 Å². The van der Waals surface area contributed by atoms with Crippen molar-refractivity contribution in [1.82, 2.24) is 4.90 Å². The topological polar surface area (TPSA) is 59.5 Å². The summed E-state index contributed by atoms with van der Waals surface area (Å²) in [4.78, 5) is 13.6. The zero-order valence-electron chi connectivity index (χ0n) is 9.32. The van der Waals surface area contributed by atoms with Gasteiger partial charge in [-0.3, -0.25) is 4.79 Å². The van der Waals surface area contributed by atoms with Crippen LogP contribution >= 0.6 is 0 Å². The van der Waals surface area contributed by atoms with Crippen molar-refractivity contribution >= 4 is 5.91 Å². The third-order valence-electron chi connectivity index (χ3n) is 2.34. The molecule has 0 aliphatic rings. The highest BCUT2D eigenvalue weighted by Gasteiger charge is 2.16. The number of carbonyl (C=O) groups is 1. The van der Waals surface area contributed by atoms with Gasteiger partial charge in [0.15, 0.2) is 0 Å². The average Bonchev–Trinajstić information content (AvgIpc) is 2.72. The number of amides is 1. The standard InChI is InChI=1S/C11H18N2O2/c1-3-10-9(5-8-15-10)11(14)13(2)7-4-6-12/h5,8H,3-4,6-7,12H2,1-2H3. The maximum absolute atomic E-state index is 11.9. The summed E-state index contributed by atoms with van der Waals surface area (Å²) in [7, 11) is 1.78. The Kier molecular flexibility index (Phi) is 4.37. The molecular formula is C11H18N2O2. The van der Waals surface area contributed by atoms with Crippen LogP contribution in [0.15, 0.2) is 16.7 Å². The summed E-state index contributed by atoms with van der Waals surface area (Å²) in [5.41, 5.74) is 6.06. The molecule has 4 heteroatoms. The molecule has 1 aromatic heterocycles. The van der Waals surface area contributed by atoms with Crippen molar-refractivity contribution < 1.29 is 9.21 Å². The van der Waals surface area contributed by atoms with Gasteiger partial charge in [-0.15, -0.1) is 0 Å². The third kappa shape index (κ3) is 2.83. The van der Waals surface area contributed by atoms with Crippen LogP contribution in [0.2, 0.25) is 0 Å². The van der Waals surface area contributed by atoms with E-state index < -0.39 is 0 Å². The second kappa shape index (κ2) is 5.56. The molecule has 1 rings (SSSR count). The van der Waals surface area contributed by atoms with Crippen molar-refractivity contribution in [1.29, 1.82) is 0 Å². The predicted molar refractivity (Wildman–Crippen MR) is 58.7 cm³/mol. The van der Waals surface area contributed by atoms with Crippen molar-refractivity contribution in [3.8, 4) is 0 Å². The molecule has 0 unspecified atom stereocenters. The Morgan fingerprint density at radius 1 is 1.60 bits per heavy atom. The van der Waals surface area contributed by atoms with Crippen molar-refractivity contribution in [3.05, 3.63) is 23.7 Å². The number of nitrogens with zero attached hydrogens (tertiary/aromatic N) is 1. The highest BCUT2D eigenvalue weighted by atomic mass is 16.3.